The highest BCUT2D eigenvalue weighted by Crippen LogP contribution is 2.60. The molecule has 1 aliphatic heterocycles. The van der Waals surface area contributed by atoms with Gasteiger partial charge in [0.1, 0.15) is 11.9 Å². The fraction of sp³-hybridized carbons (Fsp3) is 0.526. The van der Waals surface area contributed by atoms with Gasteiger partial charge in [-0.05, 0) is 30.7 Å². The molecule has 1 N–H and O–H groups in total. The molecular formula is C19H20O6. The fourth-order valence-corrected chi connectivity index (χ4v) is 5.10. The highest BCUT2D eigenvalue weighted by molar-refractivity contribution is 5.99. The molecule has 3 aliphatic rings. The summed E-state index contributed by atoms with van der Waals surface area (Å²) in [5.74, 6) is -2.64. The number of hydrogen-bond donors (Lipinski definition) is 1. The molecule has 2 fully saturated rings. The number of carboxylic acids is 1. The molecule has 1 spiro atoms. The van der Waals surface area contributed by atoms with Crippen molar-refractivity contribution in [3.63, 3.8) is 0 Å². The molecule has 132 valence electrons. The van der Waals surface area contributed by atoms with Crippen LogP contribution in [-0.2, 0) is 19.1 Å². The summed E-state index contributed by atoms with van der Waals surface area (Å²) in [5.41, 5.74) is 0.137. The minimum absolute atomic E-state index is 0.0731. The van der Waals surface area contributed by atoms with Crippen LogP contribution < -0.4 is 0 Å². The van der Waals surface area contributed by atoms with Crippen LogP contribution >= 0.6 is 0 Å². The summed E-state index contributed by atoms with van der Waals surface area (Å²) >= 11 is 0. The lowest BCUT2D eigenvalue weighted by atomic mass is 9.51. The van der Waals surface area contributed by atoms with Crippen LogP contribution in [-0.4, -0.2) is 22.8 Å². The van der Waals surface area contributed by atoms with E-state index in [1.54, 1.807) is 18.4 Å². The maximum atomic E-state index is 13.0. The summed E-state index contributed by atoms with van der Waals surface area (Å²) in [6, 6.07) is 1.77. The Hall–Kier alpha value is -2.37. The first-order valence-corrected chi connectivity index (χ1v) is 8.64. The highest BCUT2D eigenvalue weighted by atomic mass is 16.6. The van der Waals surface area contributed by atoms with Gasteiger partial charge in [0.15, 0.2) is 0 Å². The van der Waals surface area contributed by atoms with Gasteiger partial charge in [0.2, 0.25) is 0 Å². The molecule has 0 bridgehead atoms. The lowest BCUT2D eigenvalue weighted by molar-refractivity contribution is -0.161. The second kappa shape index (κ2) is 5.58. The zero-order chi connectivity index (χ0) is 17.8. The molecule has 1 saturated heterocycles. The van der Waals surface area contributed by atoms with Crippen LogP contribution in [0.2, 0.25) is 0 Å². The second-order valence-corrected chi connectivity index (χ2v) is 7.39. The van der Waals surface area contributed by atoms with Gasteiger partial charge in [-0.25, -0.2) is 4.79 Å². The first-order valence-electron chi connectivity index (χ1n) is 8.64. The maximum absolute atomic E-state index is 13.0. The van der Waals surface area contributed by atoms with Gasteiger partial charge in [-0.1, -0.05) is 13.0 Å². The molecule has 1 saturated carbocycles. The molecule has 25 heavy (non-hydrogen) atoms. The quantitative estimate of drug-likeness (QED) is 0.829. The number of carbonyl (C=O) groups excluding carboxylic acids is 2. The van der Waals surface area contributed by atoms with E-state index in [-0.39, 0.29) is 35.6 Å². The molecule has 1 aromatic heterocycles. The second-order valence-electron chi connectivity index (χ2n) is 7.39. The van der Waals surface area contributed by atoms with E-state index in [4.69, 9.17) is 9.15 Å². The van der Waals surface area contributed by atoms with Gasteiger partial charge < -0.3 is 14.3 Å². The molecule has 2 aliphatic carbocycles. The standard InChI is InChI=1S/C19H20O6/c1-10-7-14(20)16-12(17(21)22)3-2-4-13(16)19(10)8-15(25-18(19)23)11-5-6-24-9-11/h3,5-6,9-10,13,15-16H,2,4,7-8H2,1H3,(H,21,22). The van der Waals surface area contributed by atoms with Crippen LogP contribution in [0.15, 0.2) is 34.7 Å². The molecule has 5 atom stereocenters. The van der Waals surface area contributed by atoms with E-state index in [0.29, 0.717) is 19.3 Å². The Morgan fingerprint density at radius 1 is 1.36 bits per heavy atom. The maximum Gasteiger partial charge on any atom is 0.331 e. The number of carbonyl (C=O) groups is 3. The largest absolute Gasteiger partial charge is 0.478 e. The summed E-state index contributed by atoms with van der Waals surface area (Å²) in [6.07, 6.45) is 6.21. The number of carboxylic acid groups (broad SMARTS) is 1. The van der Waals surface area contributed by atoms with E-state index in [0.717, 1.165) is 5.56 Å². The Bertz CT molecular complexity index is 761. The summed E-state index contributed by atoms with van der Waals surface area (Å²) in [4.78, 5) is 37.2. The predicted molar refractivity (Wildman–Crippen MR) is 85.3 cm³/mol. The van der Waals surface area contributed by atoms with Gasteiger partial charge in [-0.3, -0.25) is 9.59 Å². The molecular weight excluding hydrogens is 324 g/mol. The number of esters is 1. The van der Waals surface area contributed by atoms with Gasteiger partial charge in [-0.2, -0.15) is 0 Å². The first-order chi connectivity index (χ1) is 11.9. The molecule has 0 amide bonds. The van der Waals surface area contributed by atoms with Crippen LogP contribution in [0.1, 0.15) is 44.3 Å². The van der Waals surface area contributed by atoms with Crippen molar-refractivity contribution in [1.82, 2.24) is 0 Å². The van der Waals surface area contributed by atoms with Crippen molar-refractivity contribution in [1.29, 1.82) is 0 Å². The Morgan fingerprint density at radius 3 is 2.84 bits per heavy atom. The average Bonchev–Trinajstić information content (AvgIpc) is 3.21. The Morgan fingerprint density at radius 2 is 2.16 bits per heavy atom. The van der Waals surface area contributed by atoms with E-state index < -0.39 is 23.4 Å². The Balaban J connectivity index is 1.76. The molecule has 0 radical (unpaired) electrons. The molecule has 4 rings (SSSR count). The molecule has 0 aromatic carbocycles. The van der Waals surface area contributed by atoms with Crippen LogP contribution in [0, 0.1) is 23.2 Å². The van der Waals surface area contributed by atoms with Crippen molar-refractivity contribution in [2.24, 2.45) is 23.2 Å². The van der Waals surface area contributed by atoms with Crippen molar-refractivity contribution >= 4 is 17.7 Å². The summed E-state index contributed by atoms with van der Waals surface area (Å²) < 4.78 is 10.8. The Kier molecular flexibility index (Phi) is 3.60. The van der Waals surface area contributed by atoms with Crippen LogP contribution in [0.25, 0.3) is 0 Å². The number of ether oxygens (including phenoxy) is 1. The highest BCUT2D eigenvalue weighted by Gasteiger charge is 2.63. The van der Waals surface area contributed by atoms with Crippen molar-refractivity contribution in [2.75, 3.05) is 0 Å². The van der Waals surface area contributed by atoms with Gasteiger partial charge in [0.25, 0.3) is 0 Å². The van der Waals surface area contributed by atoms with E-state index in [1.165, 1.54) is 6.26 Å². The number of rotatable bonds is 2. The zero-order valence-electron chi connectivity index (χ0n) is 13.9. The van der Waals surface area contributed by atoms with Crippen LogP contribution in [0.5, 0.6) is 0 Å². The van der Waals surface area contributed by atoms with Gasteiger partial charge in [0.05, 0.1) is 23.9 Å². The van der Waals surface area contributed by atoms with Crippen molar-refractivity contribution in [2.45, 2.75) is 38.7 Å². The molecule has 6 heteroatoms. The minimum Gasteiger partial charge on any atom is -0.478 e. The van der Waals surface area contributed by atoms with Crippen molar-refractivity contribution < 1.29 is 28.6 Å². The van der Waals surface area contributed by atoms with Crippen molar-refractivity contribution in [3.05, 3.63) is 35.8 Å². The van der Waals surface area contributed by atoms with E-state index in [9.17, 15) is 19.5 Å². The lowest BCUT2D eigenvalue weighted by Crippen LogP contribution is -2.53. The van der Waals surface area contributed by atoms with Gasteiger partial charge >= 0.3 is 11.9 Å². The van der Waals surface area contributed by atoms with Gasteiger partial charge in [-0.15, -0.1) is 0 Å². The summed E-state index contributed by atoms with van der Waals surface area (Å²) in [7, 11) is 0. The molecule has 6 nitrogen and oxygen atoms in total. The van der Waals surface area contributed by atoms with Crippen LogP contribution in [0.4, 0.5) is 0 Å². The summed E-state index contributed by atoms with van der Waals surface area (Å²) in [5, 5.41) is 9.51. The number of cyclic esters (lactones) is 1. The minimum atomic E-state index is -1.06. The smallest absolute Gasteiger partial charge is 0.331 e. The SMILES string of the molecule is CC1CC(=O)C2C(C(=O)O)=CCCC2C12CC(c1ccoc1)OC2=O. The predicted octanol–water partition coefficient (Wildman–Crippen LogP) is 2.90. The third-order valence-corrected chi connectivity index (χ3v) is 6.29. The number of aliphatic carboxylic acids is 1. The lowest BCUT2D eigenvalue weighted by Gasteiger charge is -2.48. The average molecular weight is 344 g/mol. The van der Waals surface area contributed by atoms with Crippen molar-refractivity contribution in [3.8, 4) is 0 Å². The number of Topliss-reactive ketones (excluding diaryl/α,β-unsaturated/α-hetero) is 1. The number of furan rings is 1. The first kappa shape index (κ1) is 16.1. The zero-order valence-corrected chi connectivity index (χ0v) is 13.9. The molecule has 2 heterocycles. The van der Waals surface area contributed by atoms with E-state index >= 15 is 0 Å². The Labute approximate surface area is 144 Å². The summed E-state index contributed by atoms with van der Waals surface area (Å²) in [6.45, 7) is 1.91. The third-order valence-electron chi connectivity index (χ3n) is 6.29. The topological polar surface area (TPSA) is 93.8 Å². The number of ketones is 1. The number of allylic oxidation sites excluding steroid dienone is 1. The number of fused-ring (bicyclic) bond motifs is 2. The monoisotopic (exact) mass is 344 g/mol. The molecule has 5 unspecified atom stereocenters. The van der Waals surface area contributed by atoms with E-state index in [1.807, 2.05) is 6.92 Å². The van der Waals surface area contributed by atoms with E-state index in [2.05, 4.69) is 0 Å². The molecule has 1 aromatic rings. The number of hydrogen-bond acceptors (Lipinski definition) is 5. The van der Waals surface area contributed by atoms with Crippen LogP contribution in [0.3, 0.4) is 0 Å². The van der Waals surface area contributed by atoms with Gasteiger partial charge in [0, 0.05) is 24.0 Å². The third kappa shape index (κ3) is 2.19. The normalized spacial score (nSPS) is 37.6. The fourth-order valence-electron chi connectivity index (χ4n) is 5.10.